The Morgan fingerprint density at radius 2 is 2.00 bits per heavy atom. The summed E-state index contributed by atoms with van der Waals surface area (Å²) in [6, 6.07) is 3.97. The van der Waals surface area contributed by atoms with Gasteiger partial charge in [-0.25, -0.2) is 9.78 Å². The van der Waals surface area contributed by atoms with E-state index in [4.69, 9.17) is 10.5 Å². The molecule has 0 saturated carbocycles. The van der Waals surface area contributed by atoms with Gasteiger partial charge < -0.3 is 10.5 Å². The number of hydrogen-bond donors (Lipinski definition) is 2. The number of nitrogens with one attached hydrogen (secondary N) is 1. The SMILES string of the molecule is Cc1nc(NC(=O)OC(C)(C)C)sc1-c1ccnc(C(C)(C)CN)c1. The number of aryl methyl sites for hydroxylation is 1. The van der Waals surface area contributed by atoms with Gasteiger partial charge in [0.15, 0.2) is 5.13 Å². The highest BCUT2D eigenvalue weighted by Crippen LogP contribution is 2.34. The van der Waals surface area contributed by atoms with Crippen molar-refractivity contribution in [1.82, 2.24) is 9.97 Å². The Balaban J connectivity index is 2.26. The van der Waals surface area contributed by atoms with E-state index < -0.39 is 11.7 Å². The standard InChI is InChI=1S/C18H26N4O2S/c1-11-14(12-7-8-20-13(9-12)18(5,6)10-19)25-15(21-11)22-16(23)24-17(2,3)4/h7-9H,10,19H2,1-6H3,(H,21,22,23). The molecule has 0 aromatic carbocycles. The average Bonchev–Trinajstić information content (AvgIpc) is 2.85. The molecule has 0 fully saturated rings. The fourth-order valence-electron chi connectivity index (χ4n) is 2.16. The molecule has 0 spiro atoms. The quantitative estimate of drug-likeness (QED) is 0.854. The van der Waals surface area contributed by atoms with Gasteiger partial charge in [-0.2, -0.15) is 0 Å². The monoisotopic (exact) mass is 362 g/mol. The molecular formula is C18H26N4O2S. The minimum atomic E-state index is -0.549. The lowest BCUT2D eigenvalue weighted by Crippen LogP contribution is -2.29. The van der Waals surface area contributed by atoms with E-state index in [9.17, 15) is 4.79 Å². The Morgan fingerprint density at radius 3 is 2.60 bits per heavy atom. The Morgan fingerprint density at radius 1 is 1.32 bits per heavy atom. The molecule has 0 radical (unpaired) electrons. The number of aromatic nitrogens is 2. The third-order valence-electron chi connectivity index (χ3n) is 3.63. The fraction of sp³-hybridized carbons (Fsp3) is 0.500. The highest BCUT2D eigenvalue weighted by Gasteiger charge is 2.22. The zero-order valence-corrected chi connectivity index (χ0v) is 16.5. The molecule has 2 aromatic heterocycles. The molecule has 1 amide bonds. The first-order valence-electron chi connectivity index (χ1n) is 8.16. The predicted molar refractivity (Wildman–Crippen MR) is 102 cm³/mol. The van der Waals surface area contributed by atoms with E-state index in [1.807, 2.05) is 39.8 Å². The largest absolute Gasteiger partial charge is 0.444 e. The summed E-state index contributed by atoms with van der Waals surface area (Å²) in [5.74, 6) is 0. The maximum absolute atomic E-state index is 11.9. The van der Waals surface area contributed by atoms with Crippen LogP contribution in [0.25, 0.3) is 10.4 Å². The van der Waals surface area contributed by atoms with Crippen molar-refractivity contribution in [3.63, 3.8) is 0 Å². The van der Waals surface area contributed by atoms with Crippen LogP contribution in [0.3, 0.4) is 0 Å². The van der Waals surface area contributed by atoms with Crippen LogP contribution in [0.2, 0.25) is 0 Å². The number of anilines is 1. The maximum Gasteiger partial charge on any atom is 0.413 e. The number of thiazole rings is 1. The summed E-state index contributed by atoms with van der Waals surface area (Å²) in [4.78, 5) is 21.8. The first-order valence-corrected chi connectivity index (χ1v) is 8.98. The van der Waals surface area contributed by atoms with E-state index in [2.05, 4.69) is 29.1 Å². The van der Waals surface area contributed by atoms with Crippen molar-refractivity contribution >= 4 is 22.6 Å². The van der Waals surface area contributed by atoms with E-state index in [0.717, 1.165) is 21.8 Å². The van der Waals surface area contributed by atoms with E-state index >= 15 is 0 Å². The topological polar surface area (TPSA) is 90.1 Å². The van der Waals surface area contributed by atoms with Gasteiger partial charge in [0.2, 0.25) is 0 Å². The second-order valence-corrected chi connectivity index (χ2v) is 8.58. The molecule has 3 N–H and O–H groups in total. The molecule has 136 valence electrons. The first kappa shape index (κ1) is 19.3. The number of nitrogens with zero attached hydrogens (tertiary/aromatic N) is 2. The Kier molecular flexibility index (Phi) is 5.49. The highest BCUT2D eigenvalue weighted by atomic mass is 32.1. The molecule has 2 aromatic rings. The third-order valence-corrected chi connectivity index (χ3v) is 4.75. The molecule has 6 nitrogen and oxygen atoms in total. The van der Waals surface area contributed by atoms with Gasteiger partial charge >= 0.3 is 6.09 Å². The number of carbonyl (C=O) groups excluding carboxylic acids is 1. The summed E-state index contributed by atoms with van der Waals surface area (Å²) in [5, 5.41) is 3.21. The number of pyridine rings is 1. The lowest BCUT2D eigenvalue weighted by Gasteiger charge is -2.22. The van der Waals surface area contributed by atoms with Crippen molar-refractivity contribution in [2.45, 2.75) is 52.6 Å². The molecule has 0 saturated heterocycles. The lowest BCUT2D eigenvalue weighted by molar-refractivity contribution is 0.0636. The van der Waals surface area contributed by atoms with Crippen molar-refractivity contribution in [3.8, 4) is 10.4 Å². The molecule has 0 aliphatic rings. The molecule has 2 rings (SSSR count). The summed E-state index contributed by atoms with van der Waals surface area (Å²) >= 11 is 1.41. The van der Waals surface area contributed by atoms with Crippen molar-refractivity contribution in [2.24, 2.45) is 5.73 Å². The summed E-state index contributed by atoms with van der Waals surface area (Å²) in [6.45, 7) is 12.0. The van der Waals surface area contributed by atoms with Crippen LogP contribution in [0.5, 0.6) is 0 Å². The normalized spacial score (nSPS) is 12.1. The van der Waals surface area contributed by atoms with Gasteiger partial charge in [-0.05, 0) is 45.4 Å². The molecular weight excluding hydrogens is 336 g/mol. The Hall–Kier alpha value is -1.99. The van der Waals surface area contributed by atoms with Crippen molar-refractivity contribution < 1.29 is 9.53 Å². The number of hydrogen-bond acceptors (Lipinski definition) is 6. The summed E-state index contributed by atoms with van der Waals surface area (Å²) < 4.78 is 5.27. The third kappa shape index (κ3) is 4.99. The van der Waals surface area contributed by atoms with Crippen LogP contribution >= 0.6 is 11.3 Å². The number of amides is 1. The predicted octanol–water partition coefficient (Wildman–Crippen LogP) is 4.10. The van der Waals surface area contributed by atoms with E-state index in [-0.39, 0.29) is 5.41 Å². The van der Waals surface area contributed by atoms with Crippen molar-refractivity contribution in [2.75, 3.05) is 11.9 Å². The minimum absolute atomic E-state index is 0.202. The minimum Gasteiger partial charge on any atom is -0.444 e. The van der Waals surface area contributed by atoms with Crippen LogP contribution in [0.4, 0.5) is 9.93 Å². The fourth-order valence-corrected chi connectivity index (χ4v) is 3.10. The van der Waals surface area contributed by atoms with Crippen LogP contribution in [0.1, 0.15) is 46.0 Å². The maximum atomic E-state index is 11.9. The van der Waals surface area contributed by atoms with Crippen LogP contribution < -0.4 is 11.1 Å². The molecule has 0 bridgehead atoms. The smallest absolute Gasteiger partial charge is 0.413 e. The van der Waals surface area contributed by atoms with Gasteiger partial charge in [0.05, 0.1) is 10.6 Å². The lowest BCUT2D eigenvalue weighted by atomic mass is 9.88. The molecule has 2 heterocycles. The number of nitrogens with two attached hydrogens (primary N) is 1. The van der Waals surface area contributed by atoms with Crippen LogP contribution in [0.15, 0.2) is 18.3 Å². The number of carbonyl (C=O) groups is 1. The van der Waals surface area contributed by atoms with Gasteiger partial charge in [0.1, 0.15) is 5.60 Å². The van der Waals surface area contributed by atoms with Gasteiger partial charge in [0, 0.05) is 23.9 Å². The van der Waals surface area contributed by atoms with Crippen molar-refractivity contribution in [1.29, 1.82) is 0 Å². The number of ether oxygens (including phenoxy) is 1. The molecule has 7 heteroatoms. The zero-order valence-electron chi connectivity index (χ0n) is 15.6. The average molecular weight is 362 g/mol. The molecule has 25 heavy (non-hydrogen) atoms. The molecule has 0 unspecified atom stereocenters. The number of rotatable bonds is 4. The second-order valence-electron chi connectivity index (χ2n) is 7.58. The molecule has 0 atom stereocenters. The van der Waals surface area contributed by atoms with Gasteiger partial charge in [-0.15, -0.1) is 0 Å². The zero-order chi connectivity index (χ0) is 18.8. The first-order chi connectivity index (χ1) is 11.5. The van der Waals surface area contributed by atoms with Gasteiger partial charge in [-0.1, -0.05) is 25.2 Å². The summed E-state index contributed by atoms with van der Waals surface area (Å²) in [6.07, 6.45) is 1.27. The van der Waals surface area contributed by atoms with Gasteiger partial charge in [0.25, 0.3) is 0 Å². The molecule has 0 aliphatic carbocycles. The van der Waals surface area contributed by atoms with Crippen molar-refractivity contribution in [3.05, 3.63) is 29.7 Å². The van der Waals surface area contributed by atoms with E-state index in [1.165, 1.54) is 11.3 Å². The summed E-state index contributed by atoms with van der Waals surface area (Å²) in [7, 11) is 0. The highest BCUT2D eigenvalue weighted by molar-refractivity contribution is 7.19. The van der Waals surface area contributed by atoms with Crippen LogP contribution in [0, 0.1) is 6.92 Å². The Labute approximate surface area is 152 Å². The second kappa shape index (κ2) is 7.09. The van der Waals surface area contributed by atoms with Crippen LogP contribution in [-0.2, 0) is 10.2 Å². The van der Waals surface area contributed by atoms with E-state index in [1.54, 1.807) is 6.20 Å². The summed E-state index contributed by atoms with van der Waals surface area (Å²) in [5.41, 5.74) is 7.90. The van der Waals surface area contributed by atoms with Crippen LogP contribution in [-0.4, -0.2) is 28.2 Å². The van der Waals surface area contributed by atoms with Gasteiger partial charge in [-0.3, -0.25) is 10.3 Å². The molecule has 0 aliphatic heterocycles. The Bertz CT molecular complexity index is 763. The van der Waals surface area contributed by atoms with E-state index in [0.29, 0.717) is 11.7 Å².